The van der Waals surface area contributed by atoms with Crippen molar-refractivity contribution in [1.82, 2.24) is 4.98 Å². The molecule has 1 saturated heterocycles. The first-order valence-electron chi connectivity index (χ1n) is 7.41. The van der Waals surface area contributed by atoms with Crippen molar-refractivity contribution in [3.8, 4) is 0 Å². The molecule has 0 amide bonds. The van der Waals surface area contributed by atoms with E-state index in [0.717, 1.165) is 38.2 Å². The van der Waals surface area contributed by atoms with Crippen LogP contribution in [0, 0.1) is 10.1 Å². The molecule has 116 valence electrons. The lowest BCUT2D eigenvalue weighted by atomic mass is 10.2. The van der Waals surface area contributed by atoms with Crippen molar-refractivity contribution in [3.63, 3.8) is 0 Å². The van der Waals surface area contributed by atoms with Crippen molar-refractivity contribution in [2.24, 2.45) is 0 Å². The summed E-state index contributed by atoms with van der Waals surface area (Å²) in [7, 11) is 0. The van der Waals surface area contributed by atoms with Gasteiger partial charge in [0, 0.05) is 30.6 Å². The fraction of sp³-hybridized carbons (Fsp3) is 0.643. The Morgan fingerprint density at radius 2 is 2.33 bits per heavy atom. The minimum absolute atomic E-state index is 0.102. The predicted octanol–water partition coefficient (Wildman–Crippen LogP) is 3.14. The van der Waals surface area contributed by atoms with Crippen LogP contribution in [0.1, 0.15) is 26.7 Å². The van der Waals surface area contributed by atoms with Crippen molar-refractivity contribution >= 4 is 29.1 Å². The molecule has 0 radical (unpaired) electrons. The monoisotopic (exact) mass is 310 g/mol. The van der Waals surface area contributed by atoms with E-state index in [-0.39, 0.29) is 10.6 Å². The first-order chi connectivity index (χ1) is 10.1. The highest BCUT2D eigenvalue weighted by Gasteiger charge is 2.22. The van der Waals surface area contributed by atoms with Crippen LogP contribution in [0.2, 0.25) is 0 Å². The molecule has 0 aliphatic carbocycles. The normalized spacial score (nSPS) is 18.6. The number of anilines is 2. The molecule has 21 heavy (non-hydrogen) atoms. The van der Waals surface area contributed by atoms with E-state index in [9.17, 15) is 10.1 Å². The number of nitrogens with zero attached hydrogens (tertiary/aromatic N) is 3. The molecule has 7 heteroatoms. The maximum Gasteiger partial charge on any atom is 0.276 e. The van der Waals surface area contributed by atoms with Gasteiger partial charge in [-0.25, -0.2) is 4.98 Å². The third-order valence-corrected chi connectivity index (χ3v) is 4.85. The lowest BCUT2D eigenvalue weighted by Gasteiger charge is -2.32. The van der Waals surface area contributed by atoms with Gasteiger partial charge >= 0.3 is 0 Å². The Labute approximate surface area is 129 Å². The molecule has 0 spiro atoms. The average molecular weight is 310 g/mol. The largest absolute Gasteiger partial charge is 0.370 e. The summed E-state index contributed by atoms with van der Waals surface area (Å²) in [6, 6.07) is 3.09. The molecule has 2 heterocycles. The zero-order valence-corrected chi connectivity index (χ0v) is 13.4. The molecular formula is C14H22N4O2S. The molecule has 1 aliphatic rings. The van der Waals surface area contributed by atoms with Gasteiger partial charge in [-0.2, -0.15) is 11.8 Å². The first kappa shape index (κ1) is 15.9. The van der Waals surface area contributed by atoms with Crippen LogP contribution in [0.25, 0.3) is 0 Å². The van der Waals surface area contributed by atoms with Gasteiger partial charge in [-0.05, 0) is 12.8 Å². The van der Waals surface area contributed by atoms with E-state index >= 15 is 0 Å². The van der Waals surface area contributed by atoms with Crippen LogP contribution in [0.4, 0.5) is 17.3 Å². The number of hydrogen-bond donors (Lipinski definition) is 1. The molecule has 0 aromatic carbocycles. The Morgan fingerprint density at radius 1 is 1.52 bits per heavy atom. The lowest BCUT2D eigenvalue weighted by molar-refractivity contribution is -0.384. The fourth-order valence-electron chi connectivity index (χ4n) is 2.29. The standard InChI is InChI=1S/C14H22N4O2S/c1-3-5-15-13-8-11(18(19)20)9-14(16-13)17-6-7-21-12(4-2)10-17/h8-9,12H,3-7,10H2,1-2H3,(H,15,16). The van der Waals surface area contributed by atoms with Crippen LogP contribution in [0.15, 0.2) is 12.1 Å². The van der Waals surface area contributed by atoms with E-state index in [1.54, 1.807) is 6.07 Å². The van der Waals surface area contributed by atoms with Gasteiger partial charge in [-0.3, -0.25) is 10.1 Å². The Kier molecular flexibility index (Phi) is 5.67. The van der Waals surface area contributed by atoms with Crippen molar-refractivity contribution in [2.45, 2.75) is 31.9 Å². The number of thioether (sulfide) groups is 1. The van der Waals surface area contributed by atoms with Gasteiger partial charge in [0.25, 0.3) is 5.69 Å². The molecule has 1 N–H and O–H groups in total. The average Bonchev–Trinajstić information content (AvgIpc) is 2.52. The van der Waals surface area contributed by atoms with Gasteiger partial charge in [-0.15, -0.1) is 0 Å². The van der Waals surface area contributed by atoms with Crippen LogP contribution in [0.5, 0.6) is 0 Å². The Hall–Kier alpha value is -1.50. The topological polar surface area (TPSA) is 71.3 Å². The van der Waals surface area contributed by atoms with E-state index in [4.69, 9.17) is 0 Å². The maximum atomic E-state index is 11.1. The van der Waals surface area contributed by atoms with Gasteiger partial charge < -0.3 is 10.2 Å². The van der Waals surface area contributed by atoms with Crippen molar-refractivity contribution in [1.29, 1.82) is 0 Å². The van der Waals surface area contributed by atoms with E-state index in [1.165, 1.54) is 6.07 Å². The number of pyridine rings is 1. The quantitative estimate of drug-likeness (QED) is 0.643. The van der Waals surface area contributed by atoms with E-state index in [1.807, 2.05) is 11.8 Å². The second-order valence-corrected chi connectivity index (χ2v) is 6.51. The molecular weight excluding hydrogens is 288 g/mol. The maximum absolute atomic E-state index is 11.1. The van der Waals surface area contributed by atoms with Gasteiger partial charge in [0.1, 0.15) is 11.6 Å². The predicted molar refractivity (Wildman–Crippen MR) is 88.4 cm³/mol. The van der Waals surface area contributed by atoms with Crippen LogP contribution >= 0.6 is 11.8 Å². The summed E-state index contributed by atoms with van der Waals surface area (Å²) in [6.45, 7) is 6.79. The number of hydrogen-bond acceptors (Lipinski definition) is 6. The minimum Gasteiger partial charge on any atom is -0.370 e. The van der Waals surface area contributed by atoms with E-state index in [0.29, 0.717) is 16.9 Å². The molecule has 0 bridgehead atoms. The molecule has 1 aliphatic heterocycles. The third-order valence-electron chi connectivity index (χ3n) is 3.48. The van der Waals surface area contributed by atoms with Gasteiger partial charge in [0.05, 0.1) is 17.1 Å². The molecule has 1 atom stereocenters. The van der Waals surface area contributed by atoms with Crippen LogP contribution in [-0.2, 0) is 0 Å². The van der Waals surface area contributed by atoms with Crippen molar-refractivity contribution in [2.75, 3.05) is 35.6 Å². The summed E-state index contributed by atoms with van der Waals surface area (Å²) < 4.78 is 0. The molecule has 1 aromatic rings. The van der Waals surface area contributed by atoms with Crippen LogP contribution in [0.3, 0.4) is 0 Å². The minimum atomic E-state index is -0.349. The second kappa shape index (κ2) is 7.49. The molecule has 2 rings (SSSR count). The Bertz CT molecular complexity index is 498. The highest BCUT2D eigenvalue weighted by molar-refractivity contribution is 8.00. The summed E-state index contributed by atoms with van der Waals surface area (Å²) >= 11 is 1.97. The van der Waals surface area contributed by atoms with Crippen LogP contribution in [-0.4, -0.2) is 40.5 Å². The smallest absolute Gasteiger partial charge is 0.276 e. The zero-order chi connectivity index (χ0) is 15.2. The summed E-state index contributed by atoms with van der Waals surface area (Å²) in [6.07, 6.45) is 2.06. The number of nitro groups is 1. The van der Waals surface area contributed by atoms with Crippen molar-refractivity contribution < 1.29 is 4.92 Å². The fourth-order valence-corrected chi connectivity index (χ4v) is 3.47. The zero-order valence-electron chi connectivity index (χ0n) is 12.5. The highest BCUT2D eigenvalue weighted by atomic mass is 32.2. The molecule has 1 fully saturated rings. The Morgan fingerprint density at radius 3 is 3.00 bits per heavy atom. The molecule has 6 nitrogen and oxygen atoms in total. The van der Waals surface area contributed by atoms with Crippen molar-refractivity contribution in [3.05, 3.63) is 22.2 Å². The number of nitrogens with one attached hydrogen (secondary N) is 1. The summed E-state index contributed by atoms with van der Waals surface area (Å²) in [5, 5.41) is 14.8. The molecule has 1 unspecified atom stereocenters. The molecule has 0 saturated carbocycles. The highest BCUT2D eigenvalue weighted by Crippen LogP contribution is 2.28. The lowest BCUT2D eigenvalue weighted by Crippen LogP contribution is -2.38. The molecule has 1 aromatic heterocycles. The van der Waals surface area contributed by atoms with Gasteiger partial charge in [0.15, 0.2) is 0 Å². The van der Waals surface area contributed by atoms with E-state index < -0.39 is 0 Å². The van der Waals surface area contributed by atoms with Crippen LogP contribution < -0.4 is 10.2 Å². The summed E-state index contributed by atoms with van der Waals surface area (Å²) in [4.78, 5) is 17.5. The first-order valence-corrected chi connectivity index (χ1v) is 8.45. The second-order valence-electron chi connectivity index (χ2n) is 5.10. The number of aromatic nitrogens is 1. The summed E-state index contributed by atoms with van der Waals surface area (Å²) in [5.41, 5.74) is 0.102. The Balaban J connectivity index is 2.24. The SMILES string of the molecule is CCCNc1cc([N+](=O)[O-])cc(N2CCSC(CC)C2)n1. The van der Waals surface area contributed by atoms with Gasteiger partial charge in [-0.1, -0.05) is 13.8 Å². The number of rotatable bonds is 6. The van der Waals surface area contributed by atoms with E-state index in [2.05, 4.69) is 29.0 Å². The third kappa shape index (κ3) is 4.23. The summed E-state index contributed by atoms with van der Waals surface area (Å²) in [5.74, 6) is 2.34. The van der Waals surface area contributed by atoms with Gasteiger partial charge in [0.2, 0.25) is 0 Å².